The van der Waals surface area contributed by atoms with E-state index in [4.69, 9.17) is 14.0 Å². The minimum absolute atomic E-state index is 0.0138. The maximum Gasteiger partial charge on any atom is 0.339 e. The number of hydrogen-bond acceptors (Lipinski definition) is 5. The molecule has 0 spiro atoms. The fourth-order valence-electron chi connectivity index (χ4n) is 3.33. The lowest BCUT2D eigenvalue weighted by atomic mass is 10.1. The Hall–Kier alpha value is -2.30. The second-order valence-corrected chi connectivity index (χ2v) is 6.11. The van der Waals surface area contributed by atoms with Gasteiger partial charge in [-0.1, -0.05) is 12.1 Å². The maximum atomic E-state index is 11.9. The summed E-state index contributed by atoms with van der Waals surface area (Å²) in [7, 11) is 0. The molecular formula is C18H19NO4. The summed E-state index contributed by atoms with van der Waals surface area (Å²) in [4.78, 5) is 17.3. The van der Waals surface area contributed by atoms with Gasteiger partial charge in [0.1, 0.15) is 17.9 Å². The van der Waals surface area contributed by atoms with Crippen LogP contribution in [0.2, 0.25) is 0 Å². The highest BCUT2D eigenvalue weighted by molar-refractivity contribution is 5.85. The summed E-state index contributed by atoms with van der Waals surface area (Å²) in [5, 5.41) is 5.03. The number of fused-ring (bicyclic) bond motifs is 3. The van der Waals surface area contributed by atoms with Gasteiger partial charge in [0.05, 0.1) is 5.71 Å². The normalized spacial score (nSPS) is 19.5. The molecule has 2 aliphatic rings. The molecule has 120 valence electrons. The van der Waals surface area contributed by atoms with Crippen molar-refractivity contribution in [1.29, 1.82) is 0 Å². The quantitative estimate of drug-likeness (QED) is 0.813. The topological polar surface area (TPSA) is 61.0 Å². The van der Waals surface area contributed by atoms with Crippen molar-refractivity contribution in [2.45, 2.75) is 45.1 Å². The Kier molecular flexibility index (Phi) is 3.56. The zero-order chi connectivity index (χ0) is 15.8. The molecule has 1 unspecified atom stereocenters. The number of aryl methyl sites for hydroxylation is 1. The lowest BCUT2D eigenvalue weighted by Crippen LogP contribution is -2.18. The highest BCUT2D eigenvalue weighted by atomic mass is 16.7. The summed E-state index contributed by atoms with van der Waals surface area (Å²) in [6.45, 7) is 2.54. The molecular weight excluding hydrogens is 294 g/mol. The fourth-order valence-corrected chi connectivity index (χ4v) is 3.33. The molecule has 4 rings (SSSR count). The van der Waals surface area contributed by atoms with Crippen molar-refractivity contribution in [2.24, 2.45) is 5.16 Å². The zero-order valence-corrected chi connectivity index (χ0v) is 13.1. The van der Waals surface area contributed by atoms with Gasteiger partial charge in [-0.05, 0) is 49.4 Å². The van der Waals surface area contributed by atoms with E-state index in [1.54, 1.807) is 0 Å². The summed E-state index contributed by atoms with van der Waals surface area (Å²) in [6.07, 6.45) is 4.48. The predicted molar refractivity (Wildman–Crippen MR) is 87.2 cm³/mol. The molecule has 0 saturated carbocycles. The minimum Gasteiger partial charge on any atom is -0.490 e. The van der Waals surface area contributed by atoms with Crippen molar-refractivity contribution in [2.75, 3.05) is 6.61 Å². The standard InChI is InChI=1S/C18H19NO4/c1-2-11-8-13(23-19-11)10-21-12-6-7-17-16(9-12)14-4-3-5-15(14)18(20)22-17/h6-7,9,13H,2-5,8,10H2,1H3. The maximum absolute atomic E-state index is 11.9. The lowest BCUT2D eigenvalue weighted by molar-refractivity contribution is 0.0471. The molecule has 1 aliphatic carbocycles. The Morgan fingerprint density at radius 3 is 3.00 bits per heavy atom. The van der Waals surface area contributed by atoms with Crippen LogP contribution in [0.5, 0.6) is 5.75 Å². The van der Waals surface area contributed by atoms with Gasteiger partial charge in [0.15, 0.2) is 6.10 Å². The molecule has 0 saturated heterocycles. The number of ether oxygens (including phenoxy) is 1. The summed E-state index contributed by atoms with van der Waals surface area (Å²) in [5.74, 6) is 0.772. The Bertz CT molecular complexity index is 837. The molecule has 1 aromatic carbocycles. The molecule has 5 nitrogen and oxygen atoms in total. The van der Waals surface area contributed by atoms with E-state index < -0.39 is 0 Å². The third kappa shape index (κ3) is 2.60. The third-order valence-corrected chi connectivity index (χ3v) is 4.58. The van der Waals surface area contributed by atoms with Crippen molar-refractivity contribution in [3.8, 4) is 5.75 Å². The summed E-state index contributed by atoms with van der Waals surface area (Å²) < 4.78 is 11.3. The highest BCUT2D eigenvalue weighted by Gasteiger charge is 2.22. The van der Waals surface area contributed by atoms with Gasteiger partial charge < -0.3 is 14.0 Å². The van der Waals surface area contributed by atoms with Crippen LogP contribution in [0, 0.1) is 0 Å². The van der Waals surface area contributed by atoms with Crippen molar-refractivity contribution in [3.63, 3.8) is 0 Å². The van der Waals surface area contributed by atoms with E-state index in [1.165, 1.54) is 0 Å². The highest BCUT2D eigenvalue weighted by Crippen LogP contribution is 2.30. The van der Waals surface area contributed by atoms with Gasteiger partial charge in [-0.15, -0.1) is 0 Å². The van der Waals surface area contributed by atoms with Crippen LogP contribution in [-0.2, 0) is 17.7 Å². The van der Waals surface area contributed by atoms with Crippen LogP contribution in [0.4, 0.5) is 0 Å². The molecule has 0 amide bonds. The van der Waals surface area contributed by atoms with Crippen molar-refractivity contribution >= 4 is 16.7 Å². The van der Waals surface area contributed by atoms with Crippen molar-refractivity contribution < 1.29 is 14.0 Å². The number of benzene rings is 1. The van der Waals surface area contributed by atoms with E-state index in [2.05, 4.69) is 12.1 Å². The number of hydrogen-bond donors (Lipinski definition) is 0. The van der Waals surface area contributed by atoms with E-state index in [1.807, 2.05) is 18.2 Å². The van der Waals surface area contributed by atoms with Crippen LogP contribution >= 0.6 is 0 Å². The third-order valence-electron chi connectivity index (χ3n) is 4.58. The largest absolute Gasteiger partial charge is 0.490 e. The number of oxime groups is 1. The summed E-state index contributed by atoms with van der Waals surface area (Å²) in [5.41, 5.74) is 3.47. The van der Waals surface area contributed by atoms with Crippen LogP contribution in [0.1, 0.15) is 37.3 Å². The first-order valence-corrected chi connectivity index (χ1v) is 8.17. The van der Waals surface area contributed by atoms with E-state index >= 15 is 0 Å². The van der Waals surface area contributed by atoms with E-state index in [0.29, 0.717) is 12.2 Å². The fraction of sp³-hybridized carbons (Fsp3) is 0.444. The molecule has 23 heavy (non-hydrogen) atoms. The monoisotopic (exact) mass is 313 g/mol. The molecule has 1 aromatic heterocycles. The van der Waals surface area contributed by atoms with Gasteiger partial charge >= 0.3 is 5.63 Å². The molecule has 5 heteroatoms. The van der Waals surface area contributed by atoms with Crippen LogP contribution in [0.15, 0.2) is 32.6 Å². The zero-order valence-electron chi connectivity index (χ0n) is 13.1. The van der Waals surface area contributed by atoms with Gasteiger partial charge in [-0.25, -0.2) is 4.79 Å². The van der Waals surface area contributed by atoms with Gasteiger partial charge in [-0.3, -0.25) is 0 Å². The molecule has 1 atom stereocenters. The van der Waals surface area contributed by atoms with Gasteiger partial charge in [0.2, 0.25) is 0 Å². The Labute approximate surface area is 133 Å². The Morgan fingerprint density at radius 1 is 1.30 bits per heavy atom. The lowest BCUT2D eigenvalue weighted by Gasteiger charge is -2.12. The molecule has 2 heterocycles. The molecule has 0 fully saturated rings. The second kappa shape index (κ2) is 5.72. The van der Waals surface area contributed by atoms with Gasteiger partial charge in [0.25, 0.3) is 0 Å². The Morgan fingerprint density at radius 2 is 2.17 bits per heavy atom. The Balaban J connectivity index is 1.55. The van der Waals surface area contributed by atoms with E-state index in [0.717, 1.165) is 60.1 Å². The first-order valence-electron chi connectivity index (χ1n) is 8.17. The predicted octanol–water partition coefficient (Wildman–Crippen LogP) is 3.22. The molecule has 0 bridgehead atoms. The number of nitrogens with zero attached hydrogens (tertiary/aromatic N) is 1. The van der Waals surface area contributed by atoms with E-state index in [9.17, 15) is 4.79 Å². The first kappa shape index (κ1) is 14.3. The summed E-state index contributed by atoms with van der Waals surface area (Å²) >= 11 is 0. The van der Waals surface area contributed by atoms with Crippen LogP contribution in [0.25, 0.3) is 11.0 Å². The van der Waals surface area contributed by atoms with E-state index in [-0.39, 0.29) is 11.7 Å². The first-order chi connectivity index (χ1) is 11.2. The van der Waals surface area contributed by atoms with Gasteiger partial charge in [0, 0.05) is 17.4 Å². The average Bonchev–Trinajstić information content (AvgIpc) is 3.23. The molecule has 0 N–H and O–H groups in total. The van der Waals surface area contributed by atoms with Crippen LogP contribution in [-0.4, -0.2) is 18.4 Å². The van der Waals surface area contributed by atoms with Crippen molar-refractivity contribution in [1.82, 2.24) is 0 Å². The average molecular weight is 313 g/mol. The molecule has 2 aromatic rings. The minimum atomic E-state index is -0.192. The SMILES string of the molecule is CCC1=NOC(COc2ccc3oc(=O)c4c(c3c2)CCC4)C1. The molecule has 1 aliphatic heterocycles. The van der Waals surface area contributed by atoms with Crippen molar-refractivity contribution in [3.05, 3.63) is 39.7 Å². The number of rotatable bonds is 4. The summed E-state index contributed by atoms with van der Waals surface area (Å²) in [6, 6.07) is 5.62. The van der Waals surface area contributed by atoms with Crippen LogP contribution < -0.4 is 10.4 Å². The molecule has 0 radical (unpaired) electrons. The van der Waals surface area contributed by atoms with Crippen LogP contribution in [0.3, 0.4) is 0 Å². The smallest absolute Gasteiger partial charge is 0.339 e. The second-order valence-electron chi connectivity index (χ2n) is 6.11. The van der Waals surface area contributed by atoms with Gasteiger partial charge in [-0.2, -0.15) is 0 Å².